The van der Waals surface area contributed by atoms with Gasteiger partial charge in [0, 0.05) is 12.1 Å². The first-order valence-corrected chi connectivity index (χ1v) is 7.33. The summed E-state index contributed by atoms with van der Waals surface area (Å²) in [5, 5.41) is 10.4. The molecule has 0 spiro atoms. The monoisotopic (exact) mass is 287 g/mol. The number of rotatable bonds is 2. The van der Waals surface area contributed by atoms with Crippen molar-refractivity contribution in [1.82, 2.24) is 4.90 Å². The van der Waals surface area contributed by atoms with E-state index >= 15 is 0 Å². The Bertz CT molecular complexity index is 637. The Morgan fingerprint density at radius 1 is 1.19 bits per heavy atom. The van der Waals surface area contributed by atoms with Crippen LogP contribution < -0.4 is 9.47 Å². The maximum atomic E-state index is 12.4. The lowest BCUT2D eigenvalue weighted by Gasteiger charge is -2.22. The SMILES string of the molecule is O=C1C2=C(CCCC2)[C@H](O)N1Cc1ccc2c(c1)OCO2. The highest BCUT2D eigenvalue weighted by atomic mass is 16.7. The predicted octanol–water partition coefficient (Wildman–Crippen LogP) is 1.95. The third-order valence-electron chi connectivity index (χ3n) is 4.43. The van der Waals surface area contributed by atoms with Crippen LogP contribution in [0.4, 0.5) is 0 Å². The van der Waals surface area contributed by atoms with Gasteiger partial charge in [-0.15, -0.1) is 0 Å². The summed E-state index contributed by atoms with van der Waals surface area (Å²) in [5.74, 6) is 1.41. The molecule has 0 saturated heterocycles. The summed E-state index contributed by atoms with van der Waals surface area (Å²) in [6.45, 7) is 0.629. The van der Waals surface area contributed by atoms with Gasteiger partial charge in [-0.1, -0.05) is 6.07 Å². The van der Waals surface area contributed by atoms with Gasteiger partial charge in [-0.25, -0.2) is 0 Å². The van der Waals surface area contributed by atoms with Crippen LogP contribution in [0.1, 0.15) is 31.2 Å². The molecule has 3 aliphatic rings. The molecule has 0 fully saturated rings. The summed E-state index contributed by atoms with van der Waals surface area (Å²) in [6, 6.07) is 5.63. The van der Waals surface area contributed by atoms with Crippen molar-refractivity contribution >= 4 is 5.91 Å². The van der Waals surface area contributed by atoms with Crippen LogP contribution in [0.15, 0.2) is 29.3 Å². The van der Waals surface area contributed by atoms with Gasteiger partial charge in [0.1, 0.15) is 0 Å². The van der Waals surface area contributed by atoms with Gasteiger partial charge in [0.25, 0.3) is 5.91 Å². The molecule has 0 radical (unpaired) electrons. The maximum absolute atomic E-state index is 12.4. The molecule has 5 heteroatoms. The first kappa shape index (κ1) is 12.7. The minimum Gasteiger partial charge on any atom is -0.454 e. The van der Waals surface area contributed by atoms with Crippen molar-refractivity contribution in [2.75, 3.05) is 6.79 Å². The van der Waals surface area contributed by atoms with Crippen molar-refractivity contribution in [3.8, 4) is 11.5 Å². The minimum atomic E-state index is -0.766. The van der Waals surface area contributed by atoms with E-state index in [0.29, 0.717) is 12.3 Å². The number of amides is 1. The number of benzene rings is 1. The number of nitrogens with zero attached hydrogens (tertiary/aromatic N) is 1. The molecule has 21 heavy (non-hydrogen) atoms. The molecule has 0 saturated carbocycles. The molecule has 4 rings (SSSR count). The van der Waals surface area contributed by atoms with E-state index < -0.39 is 6.23 Å². The van der Waals surface area contributed by atoms with Crippen molar-refractivity contribution < 1.29 is 19.4 Å². The lowest BCUT2D eigenvalue weighted by Crippen LogP contribution is -2.34. The van der Waals surface area contributed by atoms with E-state index in [9.17, 15) is 9.90 Å². The first-order chi connectivity index (χ1) is 10.2. The summed E-state index contributed by atoms with van der Waals surface area (Å²) in [7, 11) is 0. The quantitative estimate of drug-likeness (QED) is 0.903. The fourth-order valence-electron chi connectivity index (χ4n) is 3.32. The van der Waals surface area contributed by atoms with Gasteiger partial charge in [-0.3, -0.25) is 4.79 Å². The third-order valence-corrected chi connectivity index (χ3v) is 4.43. The summed E-state index contributed by atoms with van der Waals surface area (Å²) < 4.78 is 10.6. The van der Waals surface area contributed by atoms with Gasteiger partial charge < -0.3 is 19.5 Å². The molecule has 110 valence electrons. The molecule has 0 aromatic heterocycles. The largest absolute Gasteiger partial charge is 0.454 e. The number of hydrogen-bond donors (Lipinski definition) is 1. The van der Waals surface area contributed by atoms with Crippen molar-refractivity contribution in [1.29, 1.82) is 0 Å². The van der Waals surface area contributed by atoms with E-state index in [1.165, 1.54) is 0 Å². The van der Waals surface area contributed by atoms with E-state index in [1.807, 2.05) is 18.2 Å². The molecular weight excluding hydrogens is 270 g/mol. The Kier molecular flexibility index (Phi) is 2.89. The average Bonchev–Trinajstić information content (AvgIpc) is 3.06. The molecule has 1 N–H and O–H groups in total. The minimum absolute atomic E-state index is 0.0186. The van der Waals surface area contributed by atoms with E-state index in [4.69, 9.17) is 9.47 Å². The summed E-state index contributed by atoms with van der Waals surface area (Å²) in [5.41, 5.74) is 2.69. The fourth-order valence-corrected chi connectivity index (χ4v) is 3.32. The van der Waals surface area contributed by atoms with Gasteiger partial charge in [-0.2, -0.15) is 0 Å². The molecule has 1 aromatic carbocycles. The van der Waals surface area contributed by atoms with Crippen molar-refractivity contribution in [2.24, 2.45) is 0 Å². The van der Waals surface area contributed by atoms with Crippen molar-refractivity contribution in [3.63, 3.8) is 0 Å². The first-order valence-electron chi connectivity index (χ1n) is 7.33. The molecule has 0 unspecified atom stereocenters. The van der Waals surface area contributed by atoms with Crippen LogP contribution in [0.25, 0.3) is 0 Å². The molecule has 0 bridgehead atoms. The molecule has 2 heterocycles. The van der Waals surface area contributed by atoms with Gasteiger partial charge in [-0.05, 0) is 49.0 Å². The summed E-state index contributed by atoms with van der Waals surface area (Å²) in [6.07, 6.45) is 2.96. The number of fused-ring (bicyclic) bond motifs is 1. The molecule has 1 aliphatic carbocycles. The predicted molar refractivity (Wildman–Crippen MR) is 74.6 cm³/mol. The zero-order valence-corrected chi connectivity index (χ0v) is 11.7. The van der Waals surface area contributed by atoms with Gasteiger partial charge in [0.05, 0.1) is 0 Å². The van der Waals surface area contributed by atoms with Crippen LogP contribution in [0.2, 0.25) is 0 Å². The highest BCUT2D eigenvalue weighted by molar-refractivity contribution is 5.97. The van der Waals surface area contributed by atoms with Crippen LogP contribution in [-0.2, 0) is 11.3 Å². The topological polar surface area (TPSA) is 59.0 Å². The Balaban J connectivity index is 1.57. The van der Waals surface area contributed by atoms with Crippen LogP contribution in [-0.4, -0.2) is 28.9 Å². The van der Waals surface area contributed by atoms with Crippen LogP contribution in [0.5, 0.6) is 11.5 Å². The van der Waals surface area contributed by atoms with Gasteiger partial charge >= 0.3 is 0 Å². The van der Waals surface area contributed by atoms with Crippen molar-refractivity contribution in [3.05, 3.63) is 34.9 Å². The van der Waals surface area contributed by atoms with Crippen molar-refractivity contribution in [2.45, 2.75) is 38.5 Å². The Labute approximate surface area is 122 Å². The van der Waals surface area contributed by atoms with Gasteiger partial charge in [0.15, 0.2) is 17.7 Å². The van der Waals surface area contributed by atoms with E-state index in [1.54, 1.807) is 4.90 Å². The van der Waals surface area contributed by atoms with Crippen LogP contribution >= 0.6 is 0 Å². The second kappa shape index (κ2) is 4.77. The molecular formula is C16H17NO4. The molecule has 1 amide bonds. The highest BCUT2D eigenvalue weighted by Gasteiger charge is 2.38. The van der Waals surface area contributed by atoms with E-state index in [2.05, 4.69) is 0 Å². The van der Waals surface area contributed by atoms with E-state index in [-0.39, 0.29) is 12.7 Å². The number of carbonyl (C=O) groups is 1. The Hall–Kier alpha value is -2.01. The third kappa shape index (κ3) is 2.00. The summed E-state index contributed by atoms with van der Waals surface area (Å²) >= 11 is 0. The lowest BCUT2D eigenvalue weighted by molar-refractivity contribution is -0.132. The van der Waals surface area contributed by atoms with Gasteiger partial charge in [0.2, 0.25) is 6.79 Å². The Morgan fingerprint density at radius 2 is 2.00 bits per heavy atom. The Morgan fingerprint density at radius 3 is 2.86 bits per heavy atom. The zero-order valence-electron chi connectivity index (χ0n) is 11.7. The van der Waals surface area contributed by atoms with Crippen LogP contribution in [0, 0.1) is 0 Å². The maximum Gasteiger partial charge on any atom is 0.252 e. The number of aliphatic hydroxyl groups is 1. The molecule has 1 atom stereocenters. The number of carbonyl (C=O) groups excluding carboxylic acids is 1. The zero-order chi connectivity index (χ0) is 14.4. The molecule has 5 nitrogen and oxygen atoms in total. The average molecular weight is 287 g/mol. The number of aliphatic hydroxyl groups excluding tert-OH is 1. The molecule has 2 aliphatic heterocycles. The number of ether oxygens (including phenoxy) is 2. The number of hydrogen-bond acceptors (Lipinski definition) is 4. The second-order valence-corrected chi connectivity index (χ2v) is 5.71. The summed E-state index contributed by atoms with van der Waals surface area (Å²) in [4.78, 5) is 14.0. The van der Waals surface area contributed by atoms with Crippen LogP contribution in [0.3, 0.4) is 0 Å². The normalized spacial score (nSPS) is 23.8. The highest BCUT2D eigenvalue weighted by Crippen LogP contribution is 2.37. The fraction of sp³-hybridized carbons (Fsp3) is 0.438. The van der Waals surface area contributed by atoms with E-state index in [0.717, 1.165) is 48.1 Å². The smallest absolute Gasteiger partial charge is 0.252 e. The standard InChI is InChI=1S/C16H17NO4/c18-15-11-3-1-2-4-12(11)16(19)17(15)8-10-5-6-13-14(7-10)21-9-20-13/h5-7,15,18H,1-4,8-9H2/t15-/m0/s1. The lowest BCUT2D eigenvalue weighted by atomic mass is 9.93. The molecule has 1 aromatic rings. The second-order valence-electron chi connectivity index (χ2n) is 5.71.